The highest BCUT2D eigenvalue weighted by molar-refractivity contribution is 5.29. The van der Waals surface area contributed by atoms with Crippen molar-refractivity contribution in [1.29, 1.82) is 0 Å². The zero-order chi connectivity index (χ0) is 9.97. The number of aryl methyl sites for hydroxylation is 1. The van der Waals surface area contributed by atoms with Crippen LogP contribution in [-0.4, -0.2) is 14.5 Å². The molecular weight excluding hydrogens is 176 g/mol. The van der Waals surface area contributed by atoms with E-state index >= 15 is 0 Å². The van der Waals surface area contributed by atoms with Gasteiger partial charge >= 0.3 is 0 Å². The Labute approximate surface area is 82.4 Å². The van der Waals surface area contributed by atoms with E-state index in [4.69, 9.17) is 5.73 Å². The Morgan fingerprint density at radius 2 is 2.21 bits per heavy atom. The van der Waals surface area contributed by atoms with Gasteiger partial charge in [-0.15, -0.1) is 0 Å². The molecule has 2 rings (SSSR count). The lowest BCUT2D eigenvalue weighted by molar-refractivity contribution is 0.921. The van der Waals surface area contributed by atoms with Crippen LogP contribution in [0.25, 0.3) is 5.82 Å². The Balaban J connectivity index is 2.47. The molecule has 0 aliphatic rings. The summed E-state index contributed by atoms with van der Waals surface area (Å²) in [6, 6.07) is 3.88. The van der Waals surface area contributed by atoms with Crippen molar-refractivity contribution in [2.75, 3.05) is 0 Å². The van der Waals surface area contributed by atoms with Gasteiger partial charge in [-0.3, -0.25) is 4.57 Å². The first kappa shape index (κ1) is 8.90. The Bertz CT molecular complexity index is 433. The summed E-state index contributed by atoms with van der Waals surface area (Å²) in [5, 5.41) is 0. The minimum absolute atomic E-state index is 0.531. The number of hydrogen-bond acceptors (Lipinski definition) is 3. The summed E-state index contributed by atoms with van der Waals surface area (Å²) in [6.45, 7) is 2.47. The third-order valence-electron chi connectivity index (χ3n) is 2.12. The number of rotatable bonds is 2. The molecule has 0 saturated heterocycles. The summed E-state index contributed by atoms with van der Waals surface area (Å²) in [5.74, 6) is 1.79. The van der Waals surface area contributed by atoms with E-state index in [0.29, 0.717) is 6.54 Å². The second-order valence-corrected chi connectivity index (χ2v) is 3.07. The summed E-state index contributed by atoms with van der Waals surface area (Å²) in [5.41, 5.74) is 6.63. The lowest BCUT2D eigenvalue weighted by Gasteiger charge is -2.04. The molecule has 0 spiro atoms. The molecule has 14 heavy (non-hydrogen) atoms. The largest absolute Gasteiger partial charge is 0.326 e. The van der Waals surface area contributed by atoms with Crippen molar-refractivity contribution in [3.05, 3.63) is 42.1 Å². The maximum Gasteiger partial charge on any atom is 0.138 e. The maximum absolute atomic E-state index is 5.56. The zero-order valence-corrected chi connectivity index (χ0v) is 8.01. The Hall–Kier alpha value is -1.68. The smallest absolute Gasteiger partial charge is 0.138 e. The maximum atomic E-state index is 5.56. The summed E-state index contributed by atoms with van der Waals surface area (Å²) in [6.07, 6.45) is 5.40. The summed E-state index contributed by atoms with van der Waals surface area (Å²) in [7, 11) is 0. The van der Waals surface area contributed by atoms with E-state index in [-0.39, 0.29) is 0 Å². The first-order valence-corrected chi connectivity index (χ1v) is 4.46. The summed E-state index contributed by atoms with van der Waals surface area (Å²) >= 11 is 0. The van der Waals surface area contributed by atoms with Gasteiger partial charge in [-0.1, -0.05) is 0 Å². The van der Waals surface area contributed by atoms with Crippen molar-refractivity contribution < 1.29 is 0 Å². The molecule has 0 aliphatic carbocycles. The van der Waals surface area contributed by atoms with Crippen LogP contribution >= 0.6 is 0 Å². The van der Waals surface area contributed by atoms with Gasteiger partial charge in [0.1, 0.15) is 11.6 Å². The van der Waals surface area contributed by atoms with Gasteiger partial charge in [0.05, 0.1) is 0 Å². The molecule has 0 aliphatic heterocycles. The fourth-order valence-corrected chi connectivity index (χ4v) is 1.34. The van der Waals surface area contributed by atoms with E-state index in [9.17, 15) is 0 Å². The molecule has 0 saturated carbocycles. The SMILES string of the molecule is Cc1nccn1-c1cc(CN)ccn1. The standard InChI is InChI=1S/C10H12N4/c1-8-12-4-5-14(8)10-6-9(7-11)2-3-13-10/h2-6H,7,11H2,1H3. The highest BCUT2D eigenvalue weighted by Crippen LogP contribution is 2.08. The van der Waals surface area contributed by atoms with Crippen LogP contribution in [0.2, 0.25) is 0 Å². The van der Waals surface area contributed by atoms with Gasteiger partial charge in [-0.2, -0.15) is 0 Å². The molecule has 2 aromatic heterocycles. The highest BCUT2D eigenvalue weighted by atomic mass is 15.1. The lowest BCUT2D eigenvalue weighted by atomic mass is 10.2. The number of aromatic nitrogens is 3. The van der Waals surface area contributed by atoms with Crippen LogP contribution in [0.15, 0.2) is 30.7 Å². The summed E-state index contributed by atoms with van der Waals surface area (Å²) < 4.78 is 1.93. The molecule has 4 nitrogen and oxygen atoms in total. The van der Waals surface area contributed by atoms with Crippen LogP contribution in [0.4, 0.5) is 0 Å². The Morgan fingerprint density at radius 1 is 1.36 bits per heavy atom. The molecule has 2 N–H and O–H groups in total. The quantitative estimate of drug-likeness (QED) is 0.766. The topological polar surface area (TPSA) is 56.7 Å². The van der Waals surface area contributed by atoms with Gasteiger partial charge in [-0.25, -0.2) is 9.97 Å². The number of pyridine rings is 1. The van der Waals surface area contributed by atoms with Crippen molar-refractivity contribution in [1.82, 2.24) is 14.5 Å². The first-order chi connectivity index (χ1) is 6.81. The third-order valence-corrected chi connectivity index (χ3v) is 2.12. The van der Waals surface area contributed by atoms with Crippen LogP contribution in [0, 0.1) is 6.92 Å². The first-order valence-electron chi connectivity index (χ1n) is 4.46. The molecule has 2 heterocycles. The fraction of sp³-hybridized carbons (Fsp3) is 0.200. The Kier molecular flexibility index (Phi) is 2.28. The van der Waals surface area contributed by atoms with Crippen LogP contribution in [-0.2, 0) is 6.54 Å². The van der Waals surface area contributed by atoms with E-state index in [1.54, 1.807) is 12.4 Å². The predicted molar refractivity (Wildman–Crippen MR) is 54.0 cm³/mol. The fourth-order valence-electron chi connectivity index (χ4n) is 1.34. The van der Waals surface area contributed by atoms with E-state index in [1.807, 2.05) is 29.8 Å². The predicted octanol–water partition coefficient (Wildman–Crippen LogP) is 1.03. The van der Waals surface area contributed by atoms with Crippen LogP contribution in [0.1, 0.15) is 11.4 Å². The average Bonchev–Trinajstić information content (AvgIpc) is 2.65. The van der Waals surface area contributed by atoms with Crippen LogP contribution in [0.5, 0.6) is 0 Å². The van der Waals surface area contributed by atoms with Crippen molar-refractivity contribution in [3.8, 4) is 5.82 Å². The van der Waals surface area contributed by atoms with Crippen molar-refractivity contribution in [3.63, 3.8) is 0 Å². The minimum Gasteiger partial charge on any atom is -0.326 e. The molecule has 0 atom stereocenters. The monoisotopic (exact) mass is 188 g/mol. The van der Waals surface area contributed by atoms with Crippen LogP contribution in [0.3, 0.4) is 0 Å². The van der Waals surface area contributed by atoms with Gasteiger partial charge < -0.3 is 5.73 Å². The molecule has 72 valence electrons. The van der Waals surface area contributed by atoms with E-state index < -0.39 is 0 Å². The second kappa shape index (κ2) is 3.59. The van der Waals surface area contributed by atoms with Gasteiger partial charge in [0.15, 0.2) is 0 Å². The molecule has 0 amide bonds. The average molecular weight is 188 g/mol. The number of nitrogens with two attached hydrogens (primary N) is 1. The number of nitrogens with zero attached hydrogens (tertiary/aromatic N) is 3. The van der Waals surface area contributed by atoms with Gasteiger partial charge in [0.2, 0.25) is 0 Å². The molecule has 0 fully saturated rings. The second-order valence-electron chi connectivity index (χ2n) is 3.07. The highest BCUT2D eigenvalue weighted by Gasteiger charge is 2.01. The minimum atomic E-state index is 0.531. The van der Waals surface area contributed by atoms with Gasteiger partial charge in [-0.05, 0) is 24.6 Å². The molecule has 0 aromatic carbocycles. The molecule has 2 aromatic rings. The number of imidazole rings is 1. The van der Waals surface area contributed by atoms with Crippen molar-refractivity contribution in [2.24, 2.45) is 5.73 Å². The normalized spacial score (nSPS) is 10.4. The van der Waals surface area contributed by atoms with Crippen LogP contribution < -0.4 is 5.73 Å². The third kappa shape index (κ3) is 1.52. The van der Waals surface area contributed by atoms with Crippen molar-refractivity contribution >= 4 is 0 Å². The Morgan fingerprint density at radius 3 is 2.86 bits per heavy atom. The molecule has 4 heteroatoms. The van der Waals surface area contributed by atoms with Crippen molar-refractivity contribution in [2.45, 2.75) is 13.5 Å². The molecule has 0 unspecified atom stereocenters. The van der Waals surface area contributed by atoms with E-state index in [0.717, 1.165) is 17.2 Å². The number of hydrogen-bond donors (Lipinski definition) is 1. The molecular formula is C10H12N4. The van der Waals surface area contributed by atoms with Gasteiger partial charge in [0.25, 0.3) is 0 Å². The lowest BCUT2D eigenvalue weighted by Crippen LogP contribution is -2.02. The molecule has 0 bridgehead atoms. The van der Waals surface area contributed by atoms with E-state index in [1.165, 1.54) is 0 Å². The molecule has 0 radical (unpaired) electrons. The van der Waals surface area contributed by atoms with E-state index in [2.05, 4.69) is 9.97 Å². The summed E-state index contributed by atoms with van der Waals surface area (Å²) in [4.78, 5) is 8.40. The zero-order valence-electron chi connectivity index (χ0n) is 8.01. The van der Waals surface area contributed by atoms with Gasteiger partial charge in [0, 0.05) is 25.1 Å².